The Balaban J connectivity index is 1.28. The maximum Gasteiger partial charge on any atom is 0.322 e. The number of rotatable bonds is 5. The highest BCUT2D eigenvalue weighted by molar-refractivity contribution is 7.20. The highest BCUT2D eigenvalue weighted by Crippen LogP contribution is 2.38. The van der Waals surface area contributed by atoms with Crippen molar-refractivity contribution in [2.45, 2.75) is 72.0 Å². The van der Waals surface area contributed by atoms with Crippen molar-refractivity contribution in [1.82, 2.24) is 20.5 Å². The number of hydrogen-bond acceptors (Lipinski definition) is 6. The van der Waals surface area contributed by atoms with Gasteiger partial charge in [0.05, 0.1) is 10.9 Å². The van der Waals surface area contributed by atoms with E-state index < -0.39 is 0 Å². The molecule has 8 nitrogen and oxygen atoms in total. The van der Waals surface area contributed by atoms with Crippen LogP contribution < -0.4 is 21.7 Å². The molecule has 1 aliphatic carbocycles. The molecule has 0 spiro atoms. The monoisotopic (exact) mass is 562 g/mol. The zero-order valence-electron chi connectivity index (χ0n) is 24.2. The number of anilines is 1. The molecule has 3 heterocycles. The minimum Gasteiger partial charge on any atom is -0.343 e. The minimum atomic E-state index is -0.388. The Morgan fingerprint density at radius 1 is 1.23 bits per heavy atom. The van der Waals surface area contributed by atoms with Gasteiger partial charge in [0, 0.05) is 48.5 Å². The number of nitrogens with one attached hydrogen (secondary N) is 3. The fourth-order valence-corrected chi connectivity index (χ4v) is 6.75. The van der Waals surface area contributed by atoms with Crippen LogP contribution in [-0.2, 0) is 12.8 Å². The minimum absolute atomic E-state index is 0.108. The van der Waals surface area contributed by atoms with Crippen molar-refractivity contribution in [3.8, 4) is 0 Å². The molecule has 5 N–H and O–H groups in total. The van der Waals surface area contributed by atoms with Crippen molar-refractivity contribution < 1.29 is 9.59 Å². The smallest absolute Gasteiger partial charge is 0.322 e. The lowest BCUT2D eigenvalue weighted by atomic mass is 9.71. The number of nitrogens with zero attached hydrogens (tertiary/aromatic N) is 2. The van der Waals surface area contributed by atoms with Crippen LogP contribution in [0.25, 0.3) is 10.2 Å². The van der Waals surface area contributed by atoms with Gasteiger partial charge in [-0.3, -0.25) is 4.79 Å². The van der Waals surface area contributed by atoms with Gasteiger partial charge in [0.2, 0.25) is 0 Å². The summed E-state index contributed by atoms with van der Waals surface area (Å²) >= 11 is 1.43. The summed E-state index contributed by atoms with van der Waals surface area (Å²) in [4.78, 5) is 34.6. The van der Waals surface area contributed by atoms with Gasteiger partial charge in [-0.15, -0.1) is 11.3 Å². The molecule has 4 atom stereocenters. The molecule has 1 fully saturated rings. The van der Waals surface area contributed by atoms with E-state index >= 15 is 0 Å². The lowest BCUT2D eigenvalue weighted by molar-refractivity contribution is 0.0942. The molecule has 1 aromatic carbocycles. The van der Waals surface area contributed by atoms with Crippen LogP contribution >= 0.6 is 11.3 Å². The highest BCUT2D eigenvalue weighted by Gasteiger charge is 2.30. The van der Waals surface area contributed by atoms with Crippen molar-refractivity contribution in [2.24, 2.45) is 17.1 Å². The van der Waals surface area contributed by atoms with Crippen LogP contribution in [0.15, 0.2) is 36.4 Å². The number of urea groups is 1. The van der Waals surface area contributed by atoms with E-state index in [4.69, 9.17) is 10.7 Å². The van der Waals surface area contributed by atoms with Gasteiger partial charge in [0.15, 0.2) is 0 Å². The van der Waals surface area contributed by atoms with Crippen LogP contribution in [0.1, 0.15) is 73.6 Å². The molecule has 9 heteroatoms. The summed E-state index contributed by atoms with van der Waals surface area (Å²) in [7, 11) is 0. The molecule has 1 aliphatic heterocycles. The first-order chi connectivity index (χ1) is 19.0. The molecule has 214 valence electrons. The fraction of sp³-hybridized carbons (Fsp3) is 0.516. The zero-order valence-corrected chi connectivity index (χ0v) is 25.0. The first-order valence-electron chi connectivity index (χ1n) is 14.4. The van der Waals surface area contributed by atoms with Gasteiger partial charge in [-0.25, -0.2) is 9.78 Å². The average molecular weight is 563 g/mol. The Bertz CT molecular complexity index is 1400. The first kappa shape index (κ1) is 28.5. The van der Waals surface area contributed by atoms with Crippen molar-refractivity contribution >= 4 is 39.2 Å². The van der Waals surface area contributed by atoms with Gasteiger partial charge in [0.25, 0.3) is 5.91 Å². The van der Waals surface area contributed by atoms with E-state index in [9.17, 15) is 9.59 Å². The van der Waals surface area contributed by atoms with Gasteiger partial charge in [-0.05, 0) is 79.8 Å². The van der Waals surface area contributed by atoms with Crippen molar-refractivity contribution in [3.05, 3.63) is 58.1 Å². The predicted molar refractivity (Wildman–Crippen MR) is 163 cm³/mol. The second kappa shape index (κ2) is 11.5. The first-order valence-corrected chi connectivity index (χ1v) is 15.2. The highest BCUT2D eigenvalue weighted by atomic mass is 32.1. The summed E-state index contributed by atoms with van der Waals surface area (Å²) < 4.78 is 0. The molecule has 5 rings (SSSR count). The van der Waals surface area contributed by atoms with E-state index in [1.165, 1.54) is 22.6 Å². The van der Waals surface area contributed by atoms with E-state index in [1.54, 1.807) is 0 Å². The lowest BCUT2D eigenvalue weighted by Crippen LogP contribution is -2.57. The van der Waals surface area contributed by atoms with Crippen molar-refractivity contribution in [1.29, 1.82) is 0 Å². The molecule has 2 aliphatic rings. The van der Waals surface area contributed by atoms with Crippen LogP contribution in [0.4, 0.5) is 10.5 Å². The molecule has 0 bridgehead atoms. The summed E-state index contributed by atoms with van der Waals surface area (Å²) in [6, 6.07) is 11.6. The van der Waals surface area contributed by atoms with Gasteiger partial charge < -0.3 is 26.6 Å². The number of piperazine rings is 1. The predicted octanol–water partition coefficient (Wildman–Crippen LogP) is 5.09. The molecular weight excluding hydrogens is 520 g/mol. The molecule has 3 aromatic rings. The maximum absolute atomic E-state index is 13.3. The van der Waals surface area contributed by atoms with E-state index in [2.05, 4.69) is 49.7 Å². The van der Waals surface area contributed by atoms with Crippen molar-refractivity contribution in [3.63, 3.8) is 0 Å². The number of aromatic nitrogens is 1. The number of pyridine rings is 1. The number of aryl methyl sites for hydroxylation is 1. The molecule has 40 heavy (non-hydrogen) atoms. The second-order valence-corrected chi connectivity index (χ2v) is 13.6. The SMILES string of the molecule is C[C@@H]1CN[C@@H](C)CN1C(=O)Nc1cccc([C@@H](CN)NC(=O)c2cc3cc4c(nc3s2)CC[C@@H](C(C)(C)C)C4)c1. The quantitative estimate of drug-likeness (QED) is 0.346. The Labute approximate surface area is 241 Å². The molecule has 2 aromatic heterocycles. The van der Waals surface area contributed by atoms with Crippen LogP contribution in [0, 0.1) is 11.3 Å². The second-order valence-electron chi connectivity index (χ2n) is 12.5. The maximum atomic E-state index is 13.3. The van der Waals surface area contributed by atoms with E-state index in [0.717, 1.165) is 41.6 Å². The number of carbonyl (C=O) groups excluding carboxylic acids is 2. The lowest BCUT2D eigenvalue weighted by Gasteiger charge is -2.37. The standard InChI is InChI=1S/C31H42N6O2S/c1-18-17-37(19(2)16-33-18)30(39)34-24-8-6-7-20(13-24)26(15-32)35-28(38)27-14-22-11-21-12-23(31(3,4)5)9-10-25(21)36-29(22)40-27/h6-8,11,13-14,18-19,23,26,33H,9-10,12,15-17,32H2,1-5H3,(H,34,39)(H,35,38)/t18-,19+,23+,26+/m0/s1. The number of hydrogen-bond donors (Lipinski definition) is 4. The third-order valence-electron chi connectivity index (χ3n) is 8.43. The van der Waals surface area contributed by atoms with E-state index in [1.807, 2.05) is 42.2 Å². The van der Waals surface area contributed by atoms with Crippen LogP contribution in [0.3, 0.4) is 0 Å². The Morgan fingerprint density at radius 3 is 2.77 bits per heavy atom. The van der Waals surface area contributed by atoms with E-state index in [0.29, 0.717) is 23.0 Å². The van der Waals surface area contributed by atoms with Crippen LogP contribution in [0.5, 0.6) is 0 Å². The Kier molecular flexibility index (Phi) is 8.17. The average Bonchev–Trinajstić information content (AvgIpc) is 3.34. The fourth-order valence-electron chi connectivity index (χ4n) is 5.82. The van der Waals surface area contributed by atoms with Gasteiger partial charge in [-0.2, -0.15) is 0 Å². The molecule has 0 saturated carbocycles. The van der Waals surface area contributed by atoms with Gasteiger partial charge in [0.1, 0.15) is 4.83 Å². The number of carbonyl (C=O) groups is 2. The van der Waals surface area contributed by atoms with Gasteiger partial charge in [-0.1, -0.05) is 32.9 Å². The molecular formula is C31H42N6O2S. The van der Waals surface area contributed by atoms with Crippen LogP contribution in [-0.4, -0.2) is 53.5 Å². The molecule has 3 amide bonds. The molecule has 1 saturated heterocycles. The number of benzene rings is 1. The normalized spacial score (nSPS) is 22.1. The number of amides is 3. The van der Waals surface area contributed by atoms with E-state index in [-0.39, 0.29) is 42.0 Å². The summed E-state index contributed by atoms with van der Waals surface area (Å²) in [6.45, 7) is 12.7. The number of nitrogens with two attached hydrogens (primary N) is 1. The molecule has 0 unspecified atom stereocenters. The molecule has 0 radical (unpaired) electrons. The number of fused-ring (bicyclic) bond motifs is 2. The largest absolute Gasteiger partial charge is 0.343 e. The van der Waals surface area contributed by atoms with Crippen molar-refractivity contribution in [2.75, 3.05) is 25.0 Å². The van der Waals surface area contributed by atoms with Crippen LogP contribution in [0.2, 0.25) is 0 Å². The zero-order chi connectivity index (χ0) is 28.6. The summed E-state index contributed by atoms with van der Waals surface area (Å²) in [5, 5.41) is 10.5. The summed E-state index contributed by atoms with van der Waals surface area (Å²) in [6.07, 6.45) is 3.17. The Hall–Kier alpha value is -3.01. The topological polar surface area (TPSA) is 112 Å². The number of thiophene rings is 1. The third kappa shape index (κ3) is 6.16. The summed E-state index contributed by atoms with van der Waals surface area (Å²) in [5.74, 6) is 0.470. The van der Waals surface area contributed by atoms with Gasteiger partial charge >= 0.3 is 6.03 Å². The third-order valence-corrected chi connectivity index (χ3v) is 9.47. The summed E-state index contributed by atoms with van der Waals surface area (Å²) in [5.41, 5.74) is 10.4. The Morgan fingerprint density at radius 2 is 2.02 bits per heavy atom.